The summed E-state index contributed by atoms with van der Waals surface area (Å²) in [5.41, 5.74) is 1.29. The third-order valence-electron chi connectivity index (χ3n) is 3.61. The first kappa shape index (κ1) is 18.1. The van der Waals surface area contributed by atoms with Gasteiger partial charge in [-0.2, -0.15) is 0 Å². The van der Waals surface area contributed by atoms with Crippen LogP contribution in [0.25, 0.3) is 11.3 Å². The molecule has 0 aliphatic heterocycles. The molecule has 1 N–H and O–H groups in total. The summed E-state index contributed by atoms with van der Waals surface area (Å²) in [6.07, 6.45) is 0. The fourth-order valence-corrected chi connectivity index (χ4v) is 2.28. The highest BCUT2D eigenvalue weighted by molar-refractivity contribution is 5.95. The molecule has 0 fully saturated rings. The van der Waals surface area contributed by atoms with Crippen molar-refractivity contribution >= 4 is 23.5 Å². The average molecular weight is 368 g/mol. The fraction of sp³-hybridized carbons (Fsp3) is 0.158. The van der Waals surface area contributed by atoms with Gasteiger partial charge in [-0.25, -0.2) is 4.79 Å². The van der Waals surface area contributed by atoms with E-state index in [1.54, 1.807) is 37.3 Å². The highest BCUT2D eigenvalue weighted by atomic mass is 16.5. The zero-order valence-corrected chi connectivity index (χ0v) is 14.6. The Kier molecular flexibility index (Phi) is 5.16. The minimum Gasteiger partial charge on any atom is -0.450 e. The van der Waals surface area contributed by atoms with Crippen LogP contribution in [0.5, 0.6) is 0 Å². The van der Waals surface area contributed by atoms with Crippen molar-refractivity contribution in [2.75, 3.05) is 11.9 Å². The number of benzene rings is 1. The zero-order valence-electron chi connectivity index (χ0n) is 14.6. The van der Waals surface area contributed by atoms with Crippen LogP contribution in [0.1, 0.15) is 33.6 Å². The zero-order chi connectivity index (χ0) is 19.4. The molecule has 2 heterocycles. The molecule has 0 radical (unpaired) electrons. The SMILES string of the molecule is CC(=O)c1ccc(-c2ccc(C(=O)OCC(=O)Nc3cc(C)on3)o2)cc1. The number of hydrogen-bond donors (Lipinski definition) is 1. The van der Waals surface area contributed by atoms with Gasteiger partial charge in [-0.1, -0.05) is 29.4 Å². The third kappa shape index (κ3) is 4.49. The Bertz CT molecular complexity index is 984. The first-order valence-corrected chi connectivity index (χ1v) is 8.04. The van der Waals surface area contributed by atoms with Gasteiger partial charge in [0, 0.05) is 17.2 Å². The molecule has 8 nitrogen and oxygen atoms in total. The highest BCUT2D eigenvalue weighted by Gasteiger charge is 2.16. The maximum atomic E-state index is 12.0. The molecule has 0 unspecified atom stereocenters. The van der Waals surface area contributed by atoms with Crippen LogP contribution >= 0.6 is 0 Å². The number of Topliss-reactive ketones (excluding diaryl/α,β-unsaturated/α-hetero) is 1. The molecule has 0 aliphatic carbocycles. The number of aryl methyl sites for hydroxylation is 1. The number of ketones is 1. The van der Waals surface area contributed by atoms with Crippen LogP contribution in [0, 0.1) is 6.92 Å². The second kappa shape index (κ2) is 7.69. The Balaban J connectivity index is 1.58. The highest BCUT2D eigenvalue weighted by Crippen LogP contribution is 2.23. The number of amides is 1. The second-order valence-corrected chi connectivity index (χ2v) is 5.74. The van der Waals surface area contributed by atoms with Crippen LogP contribution in [0.15, 0.2) is 51.4 Å². The second-order valence-electron chi connectivity index (χ2n) is 5.74. The molecule has 0 spiro atoms. The molecule has 0 aliphatic rings. The minimum atomic E-state index is -0.770. The van der Waals surface area contributed by atoms with E-state index in [2.05, 4.69) is 10.5 Å². The molecule has 0 bridgehead atoms. The monoisotopic (exact) mass is 368 g/mol. The number of nitrogens with one attached hydrogen (secondary N) is 1. The van der Waals surface area contributed by atoms with Crippen LogP contribution in [-0.4, -0.2) is 29.4 Å². The largest absolute Gasteiger partial charge is 0.450 e. The lowest BCUT2D eigenvalue weighted by Gasteiger charge is -2.03. The fourth-order valence-electron chi connectivity index (χ4n) is 2.28. The number of aromatic nitrogens is 1. The number of ether oxygens (including phenoxy) is 1. The molecule has 0 saturated heterocycles. The Labute approximate surface area is 154 Å². The number of nitrogens with zero attached hydrogens (tertiary/aromatic N) is 1. The van der Waals surface area contributed by atoms with Gasteiger partial charge in [0.2, 0.25) is 5.76 Å². The van der Waals surface area contributed by atoms with Gasteiger partial charge in [-0.3, -0.25) is 9.59 Å². The third-order valence-corrected chi connectivity index (χ3v) is 3.61. The van der Waals surface area contributed by atoms with Crippen LogP contribution in [0.3, 0.4) is 0 Å². The summed E-state index contributed by atoms with van der Waals surface area (Å²) >= 11 is 0. The van der Waals surface area contributed by atoms with Crippen molar-refractivity contribution in [3.05, 3.63) is 59.5 Å². The first-order chi connectivity index (χ1) is 12.9. The quantitative estimate of drug-likeness (QED) is 0.525. The van der Waals surface area contributed by atoms with Crippen molar-refractivity contribution in [3.63, 3.8) is 0 Å². The van der Waals surface area contributed by atoms with Crippen LogP contribution in [-0.2, 0) is 9.53 Å². The molecule has 0 saturated carbocycles. The van der Waals surface area contributed by atoms with E-state index in [0.29, 0.717) is 22.6 Å². The summed E-state index contributed by atoms with van der Waals surface area (Å²) in [5.74, 6) is -0.171. The van der Waals surface area contributed by atoms with E-state index >= 15 is 0 Å². The van der Waals surface area contributed by atoms with Gasteiger partial charge >= 0.3 is 5.97 Å². The van der Waals surface area contributed by atoms with Gasteiger partial charge in [0.1, 0.15) is 11.5 Å². The number of rotatable bonds is 6. The maximum Gasteiger partial charge on any atom is 0.374 e. The summed E-state index contributed by atoms with van der Waals surface area (Å²) < 4.78 is 15.2. The van der Waals surface area contributed by atoms with E-state index in [4.69, 9.17) is 13.7 Å². The van der Waals surface area contributed by atoms with Crippen molar-refractivity contribution in [3.8, 4) is 11.3 Å². The van der Waals surface area contributed by atoms with E-state index < -0.39 is 18.5 Å². The van der Waals surface area contributed by atoms with Gasteiger partial charge in [0.25, 0.3) is 5.91 Å². The number of hydrogen-bond acceptors (Lipinski definition) is 7. The van der Waals surface area contributed by atoms with E-state index in [-0.39, 0.29) is 17.4 Å². The lowest BCUT2D eigenvalue weighted by Crippen LogP contribution is -2.20. The van der Waals surface area contributed by atoms with Crippen molar-refractivity contribution in [2.24, 2.45) is 0 Å². The number of esters is 1. The van der Waals surface area contributed by atoms with E-state index in [9.17, 15) is 14.4 Å². The van der Waals surface area contributed by atoms with E-state index in [1.165, 1.54) is 19.1 Å². The summed E-state index contributed by atoms with van der Waals surface area (Å²) in [6.45, 7) is 2.68. The molecule has 1 amide bonds. The van der Waals surface area contributed by atoms with Crippen molar-refractivity contribution in [2.45, 2.75) is 13.8 Å². The number of furan rings is 1. The average Bonchev–Trinajstić information content (AvgIpc) is 3.29. The normalized spacial score (nSPS) is 10.4. The van der Waals surface area contributed by atoms with Crippen LogP contribution in [0.2, 0.25) is 0 Å². The standard InChI is InChI=1S/C19H16N2O6/c1-11-9-17(21-27-11)20-18(23)10-25-19(24)16-8-7-15(26-16)14-5-3-13(4-6-14)12(2)22/h3-9H,10H2,1-2H3,(H,20,21,23). The van der Waals surface area contributed by atoms with Gasteiger partial charge in [-0.15, -0.1) is 0 Å². The van der Waals surface area contributed by atoms with Crippen molar-refractivity contribution in [1.29, 1.82) is 0 Å². The predicted octanol–water partition coefficient (Wildman–Crippen LogP) is 3.24. The lowest BCUT2D eigenvalue weighted by atomic mass is 10.1. The summed E-state index contributed by atoms with van der Waals surface area (Å²) in [5, 5.41) is 6.04. The Morgan fingerprint density at radius 3 is 2.48 bits per heavy atom. The van der Waals surface area contributed by atoms with Crippen molar-refractivity contribution in [1.82, 2.24) is 5.16 Å². The molecule has 1 aromatic carbocycles. The van der Waals surface area contributed by atoms with E-state index in [1.807, 2.05) is 0 Å². The van der Waals surface area contributed by atoms with Crippen LogP contribution < -0.4 is 5.32 Å². The maximum absolute atomic E-state index is 12.0. The summed E-state index contributed by atoms with van der Waals surface area (Å²) in [7, 11) is 0. The van der Waals surface area contributed by atoms with Gasteiger partial charge in [0.05, 0.1) is 0 Å². The topological polar surface area (TPSA) is 112 Å². The molecule has 3 aromatic rings. The summed E-state index contributed by atoms with van der Waals surface area (Å²) in [4.78, 5) is 35.1. The van der Waals surface area contributed by atoms with Gasteiger partial charge < -0.3 is 19.0 Å². The van der Waals surface area contributed by atoms with E-state index in [0.717, 1.165) is 0 Å². The molecule has 27 heavy (non-hydrogen) atoms. The molecular weight excluding hydrogens is 352 g/mol. The van der Waals surface area contributed by atoms with Crippen molar-refractivity contribution < 1.29 is 28.1 Å². The lowest BCUT2D eigenvalue weighted by molar-refractivity contribution is -0.119. The van der Waals surface area contributed by atoms with Gasteiger partial charge in [0.15, 0.2) is 18.2 Å². The Hall–Kier alpha value is -3.68. The number of carbonyl (C=O) groups is 3. The minimum absolute atomic E-state index is 0.0364. The number of carbonyl (C=O) groups excluding carboxylic acids is 3. The Morgan fingerprint density at radius 2 is 1.85 bits per heavy atom. The number of anilines is 1. The molecule has 8 heteroatoms. The van der Waals surface area contributed by atoms with Crippen LogP contribution in [0.4, 0.5) is 5.82 Å². The predicted molar refractivity (Wildman–Crippen MR) is 94.3 cm³/mol. The molecule has 3 rings (SSSR count). The molecule has 138 valence electrons. The molecular formula is C19H16N2O6. The summed E-state index contributed by atoms with van der Waals surface area (Å²) in [6, 6.07) is 11.4. The molecule has 2 aromatic heterocycles. The van der Waals surface area contributed by atoms with Gasteiger partial charge in [-0.05, 0) is 26.0 Å². The Morgan fingerprint density at radius 1 is 1.11 bits per heavy atom. The smallest absolute Gasteiger partial charge is 0.374 e. The molecule has 0 atom stereocenters. The first-order valence-electron chi connectivity index (χ1n) is 8.04.